The van der Waals surface area contributed by atoms with E-state index >= 15 is 0 Å². The third-order valence-corrected chi connectivity index (χ3v) is 2.61. The van der Waals surface area contributed by atoms with Crippen LogP contribution in [0.4, 0.5) is 18.0 Å². The third kappa shape index (κ3) is 2.41. The number of halogens is 3. The molecule has 3 amide bonds. The molecular weight excluding hydrogens is 257 g/mol. The Morgan fingerprint density at radius 3 is 2.41 bits per heavy atom. The van der Waals surface area contributed by atoms with E-state index in [4.69, 9.17) is 0 Å². The van der Waals surface area contributed by atoms with Crippen LogP contribution in [0.2, 0.25) is 0 Å². The minimum atomic E-state index is -4.82. The Bertz CT molecular complexity index is 370. The average Bonchev–Trinajstić information content (AvgIpc) is 2.42. The van der Waals surface area contributed by atoms with Gasteiger partial charge in [0.05, 0.1) is 0 Å². The number of imide groups is 1. The zero-order valence-electron chi connectivity index (χ0n) is 8.91. The lowest BCUT2D eigenvalue weighted by molar-refractivity contribution is -0.190. The third-order valence-electron chi connectivity index (χ3n) is 2.40. The molecule has 0 aromatic heterocycles. The Balaban J connectivity index is 2.89. The second-order valence-electron chi connectivity index (χ2n) is 3.62. The first-order valence-corrected chi connectivity index (χ1v) is 5.34. The van der Waals surface area contributed by atoms with Crippen LogP contribution in [0.1, 0.15) is 6.92 Å². The van der Waals surface area contributed by atoms with Crippen LogP contribution >= 0.6 is 12.6 Å². The van der Waals surface area contributed by atoms with Crippen LogP contribution in [0.3, 0.4) is 0 Å². The van der Waals surface area contributed by atoms with Crippen molar-refractivity contribution in [1.82, 2.24) is 10.2 Å². The van der Waals surface area contributed by atoms with Crippen LogP contribution in [0.15, 0.2) is 12.2 Å². The van der Waals surface area contributed by atoms with E-state index < -0.39 is 23.7 Å². The molecule has 0 spiro atoms. The van der Waals surface area contributed by atoms with Crippen LogP contribution in [0.25, 0.3) is 0 Å². The lowest BCUT2D eigenvalue weighted by Gasteiger charge is -2.24. The van der Waals surface area contributed by atoms with Crippen LogP contribution in [0, 0.1) is 0 Å². The molecule has 1 saturated heterocycles. The minimum Gasteiger partial charge on any atom is -0.316 e. The van der Waals surface area contributed by atoms with Gasteiger partial charge in [0, 0.05) is 12.3 Å². The van der Waals surface area contributed by atoms with Gasteiger partial charge in [-0.05, 0) is 6.92 Å². The summed E-state index contributed by atoms with van der Waals surface area (Å²) in [5.74, 6) is -0.918. The second-order valence-corrected chi connectivity index (χ2v) is 3.99. The van der Waals surface area contributed by atoms with E-state index in [-0.39, 0.29) is 6.54 Å². The molecule has 8 heteroatoms. The molecule has 0 saturated carbocycles. The van der Waals surface area contributed by atoms with E-state index in [1.165, 1.54) is 12.2 Å². The fourth-order valence-corrected chi connectivity index (χ4v) is 1.46. The molecule has 0 aromatic rings. The quantitative estimate of drug-likeness (QED) is 0.461. The van der Waals surface area contributed by atoms with Gasteiger partial charge in [-0.1, -0.05) is 12.2 Å². The molecule has 0 aliphatic carbocycles. The van der Waals surface area contributed by atoms with Gasteiger partial charge in [-0.3, -0.25) is 9.69 Å². The molecule has 1 heterocycles. The lowest BCUT2D eigenvalue weighted by atomic mass is 10.0. The van der Waals surface area contributed by atoms with E-state index in [1.807, 2.05) is 0 Å². The molecule has 4 nitrogen and oxygen atoms in total. The molecule has 1 N–H and O–H groups in total. The van der Waals surface area contributed by atoms with Crippen molar-refractivity contribution < 1.29 is 22.8 Å². The summed E-state index contributed by atoms with van der Waals surface area (Å²) in [5, 5.41) is 1.66. The smallest absolute Gasteiger partial charge is 0.316 e. The van der Waals surface area contributed by atoms with Crippen molar-refractivity contribution in [2.45, 2.75) is 18.6 Å². The van der Waals surface area contributed by atoms with Crippen LogP contribution in [0.5, 0.6) is 0 Å². The fourth-order valence-electron chi connectivity index (χ4n) is 1.31. The van der Waals surface area contributed by atoms with Crippen LogP contribution in [-0.2, 0) is 4.79 Å². The molecule has 0 radical (unpaired) electrons. The minimum absolute atomic E-state index is 0.198. The highest BCUT2D eigenvalue weighted by Crippen LogP contribution is 2.34. The molecule has 17 heavy (non-hydrogen) atoms. The maximum absolute atomic E-state index is 12.6. The summed E-state index contributed by atoms with van der Waals surface area (Å²) in [6.45, 7) is 0.451. The number of alkyl halides is 3. The molecule has 1 aliphatic heterocycles. The monoisotopic (exact) mass is 268 g/mol. The first kappa shape index (κ1) is 13.9. The predicted molar refractivity (Wildman–Crippen MR) is 57.7 cm³/mol. The standard InChI is InChI=1S/C9H11F3N2O2S/c1-8(9(10,11)12)6(15)14(7(16)13-8)4-2-3-5-17/h2-3,17H,4-5H2,1H3,(H,13,16). The number of amides is 3. The summed E-state index contributed by atoms with van der Waals surface area (Å²) in [5.41, 5.74) is -2.83. The van der Waals surface area contributed by atoms with Gasteiger partial charge in [0.1, 0.15) is 0 Å². The zero-order chi connectivity index (χ0) is 13.3. The molecule has 1 atom stereocenters. The first-order valence-electron chi connectivity index (χ1n) is 4.70. The topological polar surface area (TPSA) is 49.4 Å². The predicted octanol–water partition coefficient (Wildman–Crippen LogP) is 1.35. The van der Waals surface area contributed by atoms with Gasteiger partial charge in [0.2, 0.25) is 5.54 Å². The van der Waals surface area contributed by atoms with Crippen molar-refractivity contribution in [3.05, 3.63) is 12.2 Å². The Kier molecular flexibility index (Phi) is 3.75. The highest BCUT2D eigenvalue weighted by atomic mass is 32.1. The molecule has 0 aromatic carbocycles. The van der Waals surface area contributed by atoms with Crippen molar-refractivity contribution in [3.8, 4) is 0 Å². The van der Waals surface area contributed by atoms with Gasteiger partial charge in [0.15, 0.2) is 0 Å². The number of hydrogen-bond donors (Lipinski definition) is 2. The van der Waals surface area contributed by atoms with Crippen LogP contribution < -0.4 is 5.32 Å². The van der Waals surface area contributed by atoms with E-state index in [2.05, 4.69) is 12.6 Å². The van der Waals surface area contributed by atoms with Gasteiger partial charge in [0.25, 0.3) is 5.91 Å². The summed E-state index contributed by atoms with van der Waals surface area (Å²) in [4.78, 5) is 23.4. The first-order chi connectivity index (χ1) is 7.74. The van der Waals surface area contributed by atoms with Crippen molar-refractivity contribution >= 4 is 24.6 Å². The van der Waals surface area contributed by atoms with Crippen molar-refractivity contribution in [2.75, 3.05) is 12.3 Å². The van der Waals surface area contributed by atoms with Crippen molar-refractivity contribution in [1.29, 1.82) is 0 Å². The van der Waals surface area contributed by atoms with E-state index in [0.29, 0.717) is 17.6 Å². The number of nitrogens with one attached hydrogen (secondary N) is 1. The summed E-state index contributed by atoms with van der Waals surface area (Å²) in [6, 6.07) is -1.04. The Labute approximate surface area is 101 Å². The summed E-state index contributed by atoms with van der Waals surface area (Å²) >= 11 is 3.85. The fraction of sp³-hybridized carbons (Fsp3) is 0.556. The number of carbonyl (C=O) groups excluding carboxylic acids is 2. The number of thiol groups is 1. The maximum atomic E-state index is 12.6. The normalized spacial score (nSPS) is 25.8. The molecule has 0 bridgehead atoms. The number of urea groups is 1. The van der Waals surface area contributed by atoms with E-state index in [1.54, 1.807) is 5.32 Å². The molecule has 96 valence electrons. The Morgan fingerprint density at radius 1 is 1.41 bits per heavy atom. The average molecular weight is 268 g/mol. The number of nitrogens with zero attached hydrogens (tertiary/aromatic N) is 1. The van der Waals surface area contributed by atoms with Gasteiger partial charge < -0.3 is 5.32 Å². The summed E-state index contributed by atoms with van der Waals surface area (Å²) < 4.78 is 37.9. The number of carbonyl (C=O) groups is 2. The molecule has 1 aliphatic rings. The van der Waals surface area contributed by atoms with Crippen LogP contribution in [-0.4, -0.2) is 40.9 Å². The summed E-state index contributed by atoms with van der Waals surface area (Å²) in [7, 11) is 0. The molecule has 1 fully saturated rings. The highest BCUT2D eigenvalue weighted by Gasteiger charge is 2.64. The SMILES string of the molecule is CC1(C(F)(F)F)NC(=O)N(CC=CCS)C1=O. The number of rotatable bonds is 3. The Hall–Kier alpha value is -1.18. The lowest BCUT2D eigenvalue weighted by Crippen LogP contribution is -2.56. The number of hydrogen-bond acceptors (Lipinski definition) is 3. The van der Waals surface area contributed by atoms with E-state index in [0.717, 1.165) is 0 Å². The van der Waals surface area contributed by atoms with Crippen molar-refractivity contribution in [2.24, 2.45) is 0 Å². The highest BCUT2D eigenvalue weighted by molar-refractivity contribution is 7.80. The Morgan fingerprint density at radius 2 is 2.00 bits per heavy atom. The van der Waals surface area contributed by atoms with Gasteiger partial charge >= 0.3 is 12.2 Å². The van der Waals surface area contributed by atoms with Crippen molar-refractivity contribution in [3.63, 3.8) is 0 Å². The maximum Gasteiger partial charge on any atom is 0.420 e. The molecular formula is C9H11F3N2O2S. The van der Waals surface area contributed by atoms with Gasteiger partial charge in [-0.15, -0.1) is 0 Å². The van der Waals surface area contributed by atoms with Gasteiger partial charge in [-0.2, -0.15) is 25.8 Å². The largest absolute Gasteiger partial charge is 0.420 e. The second kappa shape index (κ2) is 4.59. The molecule has 1 rings (SSSR count). The van der Waals surface area contributed by atoms with E-state index in [9.17, 15) is 22.8 Å². The summed E-state index contributed by atoms with van der Waals surface area (Å²) in [6.07, 6.45) is -1.87. The zero-order valence-corrected chi connectivity index (χ0v) is 9.81. The molecule has 1 unspecified atom stereocenters. The van der Waals surface area contributed by atoms with Gasteiger partial charge in [-0.25, -0.2) is 4.79 Å².